The van der Waals surface area contributed by atoms with Crippen molar-refractivity contribution < 1.29 is 18.4 Å². The van der Waals surface area contributed by atoms with E-state index in [9.17, 15) is 18.4 Å². The van der Waals surface area contributed by atoms with Crippen molar-refractivity contribution in [2.75, 3.05) is 11.9 Å². The number of hydrogen-bond acceptors (Lipinski definition) is 4. The van der Waals surface area contributed by atoms with E-state index in [0.29, 0.717) is 11.4 Å². The molecule has 7 nitrogen and oxygen atoms in total. The quantitative estimate of drug-likeness (QED) is 0.797. The van der Waals surface area contributed by atoms with Crippen molar-refractivity contribution >= 4 is 29.4 Å². The average Bonchev–Trinajstić information content (AvgIpc) is 2.56. The number of anilines is 1. The lowest BCUT2D eigenvalue weighted by Crippen LogP contribution is -2.45. The molecule has 1 aromatic carbocycles. The van der Waals surface area contributed by atoms with Crippen LogP contribution in [0.1, 0.15) is 24.1 Å². The molecule has 3 rings (SSSR count). The fourth-order valence-corrected chi connectivity index (χ4v) is 2.79. The van der Waals surface area contributed by atoms with Crippen LogP contribution in [0.5, 0.6) is 0 Å². The number of carbonyl (C=O) groups excluding carboxylic acids is 2. The summed E-state index contributed by atoms with van der Waals surface area (Å²) in [7, 11) is 0. The molecule has 1 atom stereocenters. The Bertz CT molecular complexity index is 880. The first-order valence-corrected chi connectivity index (χ1v) is 8.02. The zero-order valence-corrected chi connectivity index (χ0v) is 14.3. The number of halogens is 3. The molecule has 0 aliphatic carbocycles. The molecule has 0 fully saturated rings. The van der Waals surface area contributed by atoms with Crippen molar-refractivity contribution in [3.05, 3.63) is 52.4 Å². The zero-order chi connectivity index (χ0) is 18.8. The first-order valence-electron chi connectivity index (χ1n) is 7.64. The normalized spacial score (nSPS) is 14.5. The van der Waals surface area contributed by atoms with Crippen molar-refractivity contribution in [3.8, 4) is 0 Å². The summed E-state index contributed by atoms with van der Waals surface area (Å²) in [6.07, 6.45) is 1.22. The van der Waals surface area contributed by atoms with Gasteiger partial charge in [-0.15, -0.1) is 0 Å². The summed E-state index contributed by atoms with van der Waals surface area (Å²) in [5, 5.41) is 5.28. The van der Waals surface area contributed by atoms with Gasteiger partial charge in [0.25, 0.3) is 0 Å². The number of amides is 3. The molecule has 0 radical (unpaired) electrons. The second-order valence-corrected chi connectivity index (χ2v) is 6.09. The van der Waals surface area contributed by atoms with Gasteiger partial charge >= 0.3 is 6.03 Å². The van der Waals surface area contributed by atoms with Crippen molar-refractivity contribution in [1.82, 2.24) is 20.2 Å². The summed E-state index contributed by atoms with van der Waals surface area (Å²) in [6.45, 7) is 1.35. The van der Waals surface area contributed by atoms with Crippen LogP contribution in [0.4, 0.5) is 19.4 Å². The van der Waals surface area contributed by atoms with E-state index in [4.69, 9.17) is 11.6 Å². The molecule has 1 aliphatic heterocycles. The van der Waals surface area contributed by atoms with E-state index in [0.717, 1.165) is 12.1 Å². The maximum Gasteiger partial charge on any atom is 0.323 e. The predicted molar refractivity (Wildman–Crippen MR) is 89.4 cm³/mol. The molecule has 0 bridgehead atoms. The summed E-state index contributed by atoms with van der Waals surface area (Å²) in [4.78, 5) is 33.3. The van der Waals surface area contributed by atoms with E-state index in [1.54, 1.807) is 6.92 Å². The lowest BCUT2D eigenvalue weighted by atomic mass is 10.1. The molecule has 0 spiro atoms. The van der Waals surface area contributed by atoms with Gasteiger partial charge in [0.1, 0.15) is 35.5 Å². The highest BCUT2D eigenvalue weighted by Crippen LogP contribution is 2.25. The summed E-state index contributed by atoms with van der Waals surface area (Å²) in [6, 6.07) is 1.90. The first kappa shape index (κ1) is 18.0. The Morgan fingerprint density at radius 2 is 2.19 bits per heavy atom. The Kier molecular flexibility index (Phi) is 4.99. The number of aromatic nitrogens is 2. The van der Waals surface area contributed by atoms with Crippen LogP contribution in [-0.2, 0) is 11.3 Å². The van der Waals surface area contributed by atoms with E-state index < -0.39 is 29.6 Å². The molecule has 10 heteroatoms. The fraction of sp³-hybridized carbons (Fsp3) is 0.250. The fourth-order valence-electron chi connectivity index (χ4n) is 2.60. The van der Waals surface area contributed by atoms with Gasteiger partial charge in [0.2, 0.25) is 5.91 Å². The molecule has 26 heavy (non-hydrogen) atoms. The van der Waals surface area contributed by atoms with Crippen molar-refractivity contribution in [2.24, 2.45) is 0 Å². The lowest BCUT2D eigenvalue weighted by Gasteiger charge is -2.28. The van der Waals surface area contributed by atoms with E-state index in [1.807, 2.05) is 0 Å². The standard InChI is InChI=1S/C16H14ClF2N5O2/c1-8(10-3-2-9(18)4-12(10)19)22-13(25)6-24-5-11-14(17)20-7-21-15(11)23-16(24)26/h2-4,7-8H,5-6H2,1H3,(H,22,25)(H,20,21,23,26)/t8-/m0/s1. The number of rotatable bonds is 4. The summed E-state index contributed by atoms with van der Waals surface area (Å²) in [5.41, 5.74) is 0.642. The SMILES string of the molecule is C[C@H](NC(=O)CN1Cc2c(Cl)ncnc2NC1=O)c1ccc(F)cc1F. The third-order valence-electron chi connectivity index (χ3n) is 3.90. The highest BCUT2D eigenvalue weighted by molar-refractivity contribution is 6.30. The van der Waals surface area contributed by atoms with E-state index in [-0.39, 0.29) is 23.8 Å². The summed E-state index contributed by atoms with van der Waals surface area (Å²) in [5.74, 6) is -1.67. The molecular formula is C16H14ClF2N5O2. The van der Waals surface area contributed by atoms with Crippen LogP contribution in [-0.4, -0.2) is 33.4 Å². The van der Waals surface area contributed by atoms with Gasteiger partial charge in [-0.3, -0.25) is 10.1 Å². The maximum atomic E-state index is 13.8. The summed E-state index contributed by atoms with van der Waals surface area (Å²) < 4.78 is 26.8. The molecule has 0 unspecified atom stereocenters. The van der Waals surface area contributed by atoms with Crippen LogP contribution < -0.4 is 10.6 Å². The topological polar surface area (TPSA) is 87.2 Å². The highest BCUT2D eigenvalue weighted by atomic mass is 35.5. The van der Waals surface area contributed by atoms with E-state index in [1.165, 1.54) is 17.3 Å². The van der Waals surface area contributed by atoms with Gasteiger partial charge in [-0.1, -0.05) is 17.7 Å². The first-order chi connectivity index (χ1) is 12.3. The molecule has 2 heterocycles. The monoisotopic (exact) mass is 381 g/mol. The molecule has 3 amide bonds. The molecule has 2 N–H and O–H groups in total. The Labute approximate surface area is 152 Å². The summed E-state index contributed by atoms with van der Waals surface area (Å²) >= 11 is 5.98. The van der Waals surface area contributed by atoms with Crippen LogP contribution in [0, 0.1) is 11.6 Å². The average molecular weight is 382 g/mol. The van der Waals surface area contributed by atoms with Gasteiger partial charge < -0.3 is 10.2 Å². The number of carbonyl (C=O) groups is 2. The van der Waals surface area contributed by atoms with Crippen molar-refractivity contribution in [1.29, 1.82) is 0 Å². The van der Waals surface area contributed by atoms with Crippen LogP contribution >= 0.6 is 11.6 Å². The number of nitrogens with zero attached hydrogens (tertiary/aromatic N) is 3. The van der Waals surface area contributed by atoms with Gasteiger partial charge in [0.05, 0.1) is 18.2 Å². The number of hydrogen-bond donors (Lipinski definition) is 2. The van der Waals surface area contributed by atoms with Crippen LogP contribution in [0.3, 0.4) is 0 Å². The van der Waals surface area contributed by atoms with Gasteiger partial charge in [-0.25, -0.2) is 23.5 Å². The molecular weight excluding hydrogens is 368 g/mol. The zero-order valence-electron chi connectivity index (χ0n) is 13.6. The number of nitrogens with one attached hydrogen (secondary N) is 2. The molecule has 0 saturated carbocycles. The molecule has 136 valence electrons. The highest BCUT2D eigenvalue weighted by Gasteiger charge is 2.28. The molecule has 0 saturated heterocycles. The molecule has 2 aromatic rings. The number of urea groups is 1. The van der Waals surface area contributed by atoms with Gasteiger partial charge in [-0.2, -0.15) is 0 Å². The van der Waals surface area contributed by atoms with Crippen molar-refractivity contribution in [3.63, 3.8) is 0 Å². The Balaban J connectivity index is 1.66. The molecule has 1 aromatic heterocycles. The smallest absolute Gasteiger partial charge is 0.323 e. The van der Waals surface area contributed by atoms with E-state index in [2.05, 4.69) is 20.6 Å². The number of fused-ring (bicyclic) bond motifs is 1. The Morgan fingerprint density at radius 1 is 1.42 bits per heavy atom. The lowest BCUT2D eigenvalue weighted by molar-refractivity contribution is -0.122. The molecule has 1 aliphatic rings. The minimum Gasteiger partial charge on any atom is -0.348 e. The minimum absolute atomic E-state index is 0.0630. The number of benzene rings is 1. The second-order valence-electron chi connectivity index (χ2n) is 5.73. The van der Waals surface area contributed by atoms with Gasteiger partial charge in [0.15, 0.2) is 0 Å². The largest absolute Gasteiger partial charge is 0.348 e. The Hall–Kier alpha value is -2.81. The Morgan fingerprint density at radius 3 is 2.92 bits per heavy atom. The van der Waals surface area contributed by atoms with Gasteiger partial charge in [-0.05, 0) is 13.0 Å². The second kappa shape index (κ2) is 7.20. The van der Waals surface area contributed by atoms with Crippen molar-refractivity contribution in [2.45, 2.75) is 19.5 Å². The third-order valence-corrected chi connectivity index (χ3v) is 4.22. The maximum absolute atomic E-state index is 13.8. The minimum atomic E-state index is -0.758. The van der Waals surface area contributed by atoms with Gasteiger partial charge in [0, 0.05) is 11.6 Å². The van der Waals surface area contributed by atoms with Crippen LogP contribution in [0.25, 0.3) is 0 Å². The van der Waals surface area contributed by atoms with Crippen LogP contribution in [0.2, 0.25) is 5.15 Å². The third kappa shape index (κ3) is 3.72. The van der Waals surface area contributed by atoms with Crippen LogP contribution in [0.15, 0.2) is 24.5 Å². The van der Waals surface area contributed by atoms with E-state index >= 15 is 0 Å². The predicted octanol–water partition coefficient (Wildman–Crippen LogP) is 2.63.